The molecule has 1 heterocycles. The summed E-state index contributed by atoms with van der Waals surface area (Å²) in [6.45, 7) is 1.43. The van der Waals surface area contributed by atoms with Crippen molar-refractivity contribution in [2.45, 2.75) is 6.92 Å². The van der Waals surface area contributed by atoms with Gasteiger partial charge in [-0.3, -0.25) is 14.4 Å². The molecular weight excluding hydrogens is 390 g/mol. The highest BCUT2D eigenvalue weighted by atomic mass is 16.1. The molecule has 1 amide bonds. The lowest BCUT2D eigenvalue weighted by Crippen LogP contribution is -2.18. The molecule has 0 unspecified atom stereocenters. The van der Waals surface area contributed by atoms with Crippen LogP contribution in [0.5, 0.6) is 0 Å². The maximum Gasteiger partial charge on any atom is 0.275 e. The minimum Gasteiger partial charge on any atom is -0.326 e. The normalized spacial score (nSPS) is 11.3. The number of anilines is 1. The van der Waals surface area contributed by atoms with E-state index in [2.05, 4.69) is 15.3 Å². The number of hydrogen-bond acceptors (Lipinski definition) is 4. The van der Waals surface area contributed by atoms with Crippen molar-refractivity contribution < 1.29 is 9.59 Å². The monoisotopic (exact) mass is 409 g/mol. The van der Waals surface area contributed by atoms with Gasteiger partial charge in [-0.25, -0.2) is 4.98 Å². The van der Waals surface area contributed by atoms with E-state index in [0.29, 0.717) is 27.8 Å². The van der Waals surface area contributed by atoms with Crippen LogP contribution in [-0.4, -0.2) is 21.7 Å². The number of aromatic nitrogens is 2. The lowest BCUT2D eigenvalue weighted by atomic mass is 9.98. The van der Waals surface area contributed by atoms with Gasteiger partial charge in [0, 0.05) is 18.2 Å². The van der Waals surface area contributed by atoms with Gasteiger partial charge in [-0.1, -0.05) is 54.6 Å². The van der Waals surface area contributed by atoms with Crippen LogP contribution in [0.25, 0.3) is 22.7 Å². The maximum atomic E-state index is 13.3. The summed E-state index contributed by atoms with van der Waals surface area (Å²) in [5.74, 6) is -0.477. The minimum absolute atomic E-state index is 0.0542. The zero-order valence-electron chi connectivity index (χ0n) is 16.8. The first-order chi connectivity index (χ1) is 15.0. The number of para-hydroxylation sites is 2. The van der Waals surface area contributed by atoms with E-state index in [-0.39, 0.29) is 23.0 Å². The molecule has 6 nitrogen and oxygen atoms in total. The number of carbonyl (C=O) groups excluding carboxylic acids is 2. The molecule has 152 valence electrons. The van der Waals surface area contributed by atoms with Gasteiger partial charge in [-0.2, -0.15) is 0 Å². The van der Waals surface area contributed by atoms with E-state index in [4.69, 9.17) is 0 Å². The Hall–Kier alpha value is -4.32. The van der Waals surface area contributed by atoms with Crippen LogP contribution in [0.1, 0.15) is 28.5 Å². The van der Waals surface area contributed by atoms with Gasteiger partial charge in [0.2, 0.25) is 5.91 Å². The molecule has 0 atom stereocenters. The van der Waals surface area contributed by atoms with Crippen LogP contribution >= 0.6 is 0 Å². The molecule has 0 saturated heterocycles. The highest BCUT2D eigenvalue weighted by Crippen LogP contribution is 2.22. The SMILES string of the molecule is CC(=O)Nc1ccc(/C=C(/C(=O)c2ccccc2)c2nc3ccccc3[nH]c2=O)cc1. The van der Waals surface area contributed by atoms with E-state index >= 15 is 0 Å². The minimum atomic E-state index is -0.441. The lowest BCUT2D eigenvalue weighted by molar-refractivity contribution is -0.114. The summed E-state index contributed by atoms with van der Waals surface area (Å²) in [5, 5.41) is 2.70. The fourth-order valence-corrected chi connectivity index (χ4v) is 3.23. The fraction of sp³-hybridized carbons (Fsp3) is 0.0400. The van der Waals surface area contributed by atoms with E-state index in [1.165, 1.54) is 6.92 Å². The first-order valence-corrected chi connectivity index (χ1v) is 9.70. The Labute approximate surface area is 178 Å². The number of rotatable bonds is 5. The van der Waals surface area contributed by atoms with Crippen molar-refractivity contribution >= 4 is 40.1 Å². The first kappa shape index (κ1) is 20.0. The topological polar surface area (TPSA) is 91.9 Å². The number of nitrogens with one attached hydrogen (secondary N) is 2. The molecule has 2 N–H and O–H groups in total. The summed E-state index contributed by atoms with van der Waals surface area (Å²) >= 11 is 0. The Morgan fingerprint density at radius 1 is 0.903 bits per heavy atom. The zero-order valence-corrected chi connectivity index (χ0v) is 16.8. The number of allylic oxidation sites excluding steroid dienone is 1. The number of hydrogen-bond donors (Lipinski definition) is 2. The number of nitrogens with zero attached hydrogens (tertiary/aromatic N) is 1. The van der Waals surface area contributed by atoms with Gasteiger partial charge >= 0.3 is 0 Å². The van der Waals surface area contributed by atoms with Gasteiger partial charge in [0.25, 0.3) is 5.56 Å². The highest BCUT2D eigenvalue weighted by Gasteiger charge is 2.19. The van der Waals surface area contributed by atoms with Crippen LogP contribution in [0.3, 0.4) is 0 Å². The molecule has 0 radical (unpaired) electrons. The number of fused-ring (bicyclic) bond motifs is 1. The van der Waals surface area contributed by atoms with Crippen LogP contribution in [0.4, 0.5) is 5.69 Å². The second-order valence-electron chi connectivity index (χ2n) is 6.99. The zero-order chi connectivity index (χ0) is 21.8. The van der Waals surface area contributed by atoms with E-state index in [1.807, 2.05) is 18.2 Å². The van der Waals surface area contributed by atoms with Crippen molar-refractivity contribution in [2.75, 3.05) is 5.32 Å². The van der Waals surface area contributed by atoms with Crippen molar-refractivity contribution in [2.24, 2.45) is 0 Å². The average molecular weight is 409 g/mol. The fourth-order valence-electron chi connectivity index (χ4n) is 3.23. The number of aromatic amines is 1. The third-order valence-corrected chi connectivity index (χ3v) is 4.68. The van der Waals surface area contributed by atoms with E-state index < -0.39 is 5.56 Å². The molecule has 0 aliphatic carbocycles. The summed E-state index contributed by atoms with van der Waals surface area (Å²) in [7, 11) is 0. The van der Waals surface area contributed by atoms with Crippen LogP contribution in [-0.2, 0) is 4.79 Å². The Morgan fingerprint density at radius 2 is 1.58 bits per heavy atom. The summed E-state index contributed by atoms with van der Waals surface area (Å²) in [6.07, 6.45) is 1.64. The van der Waals surface area contributed by atoms with Crippen LogP contribution < -0.4 is 10.9 Å². The largest absolute Gasteiger partial charge is 0.326 e. The number of Topliss-reactive ketones (excluding diaryl/α,β-unsaturated/α-hetero) is 1. The van der Waals surface area contributed by atoms with E-state index in [9.17, 15) is 14.4 Å². The van der Waals surface area contributed by atoms with Gasteiger partial charge in [-0.15, -0.1) is 0 Å². The summed E-state index contributed by atoms with van der Waals surface area (Å²) in [6, 6.07) is 22.9. The molecule has 0 fully saturated rings. The number of carbonyl (C=O) groups is 2. The van der Waals surface area contributed by atoms with E-state index in [0.717, 1.165) is 0 Å². The first-order valence-electron chi connectivity index (χ1n) is 9.70. The van der Waals surface area contributed by atoms with Crippen LogP contribution in [0, 0.1) is 0 Å². The molecule has 0 aliphatic heterocycles. The molecule has 4 aromatic rings. The second-order valence-corrected chi connectivity index (χ2v) is 6.99. The Morgan fingerprint density at radius 3 is 2.29 bits per heavy atom. The molecule has 1 aromatic heterocycles. The number of amides is 1. The molecular formula is C25H19N3O3. The van der Waals surface area contributed by atoms with Gasteiger partial charge in [0.15, 0.2) is 5.78 Å². The standard InChI is InChI=1S/C25H19N3O3/c1-16(29)26-19-13-11-17(12-14-19)15-20(24(30)18-7-3-2-4-8-18)23-25(31)28-22-10-6-5-9-21(22)27-23/h2-15H,1H3,(H,26,29)(H,28,31)/b20-15+. The maximum absolute atomic E-state index is 13.3. The Balaban J connectivity index is 1.85. The van der Waals surface area contributed by atoms with Gasteiger partial charge in [0.05, 0.1) is 16.6 Å². The lowest BCUT2D eigenvalue weighted by Gasteiger charge is -2.08. The number of H-pyrrole nitrogens is 1. The Kier molecular flexibility index (Phi) is 5.53. The van der Waals surface area contributed by atoms with Crippen molar-refractivity contribution in [1.29, 1.82) is 0 Å². The van der Waals surface area contributed by atoms with Crippen LogP contribution in [0.15, 0.2) is 83.7 Å². The predicted molar refractivity (Wildman–Crippen MR) is 122 cm³/mol. The quantitative estimate of drug-likeness (QED) is 0.380. The van der Waals surface area contributed by atoms with Crippen molar-refractivity contribution in [3.8, 4) is 0 Å². The van der Waals surface area contributed by atoms with Crippen molar-refractivity contribution in [3.05, 3.63) is 106 Å². The molecule has 6 heteroatoms. The molecule has 0 saturated carbocycles. The molecule has 0 bridgehead atoms. The third kappa shape index (κ3) is 4.48. The smallest absolute Gasteiger partial charge is 0.275 e. The summed E-state index contributed by atoms with van der Waals surface area (Å²) < 4.78 is 0. The Bertz CT molecular complexity index is 1350. The predicted octanol–water partition coefficient (Wildman–Crippen LogP) is 4.31. The summed E-state index contributed by atoms with van der Waals surface area (Å²) in [4.78, 5) is 44.7. The molecule has 0 aliphatic rings. The van der Waals surface area contributed by atoms with E-state index in [1.54, 1.807) is 66.7 Å². The highest BCUT2D eigenvalue weighted by molar-refractivity contribution is 6.32. The molecule has 3 aromatic carbocycles. The van der Waals surface area contributed by atoms with Gasteiger partial charge in [0.1, 0.15) is 5.69 Å². The third-order valence-electron chi connectivity index (χ3n) is 4.68. The number of benzene rings is 3. The van der Waals surface area contributed by atoms with Crippen molar-refractivity contribution in [3.63, 3.8) is 0 Å². The molecule has 0 spiro atoms. The van der Waals surface area contributed by atoms with Gasteiger partial charge in [-0.05, 0) is 35.9 Å². The van der Waals surface area contributed by atoms with Crippen LogP contribution in [0.2, 0.25) is 0 Å². The summed E-state index contributed by atoms with van der Waals surface area (Å²) in [5.41, 5.74) is 2.78. The van der Waals surface area contributed by atoms with Gasteiger partial charge < -0.3 is 10.3 Å². The molecule has 31 heavy (non-hydrogen) atoms. The number of ketones is 1. The van der Waals surface area contributed by atoms with Crippen molar-refractivity contribution in [1.82, 2.24) is 9.97 Å². The average Bonchev–Trinajstić information content (AvgIpc) is 2.78. The second kappa shape index (κ2) is 8.59. The molecule has 4 rings (SSSR count).